The Kier molecular flexibility index (Phi) is 3.79. The standard InChI is InChI=1S/C24H22N4/c1-14(2)16-5-4-6-19(11-16)24-27-21-10-8-18(13-23(21)28-24)17-7-9-20-22(12-17)26-15(3)25-20/h4-14H,1-3H3,(H,25,26)(H,27,28). The molecule has 0 saturated heterocycles. The monoisotopic (exact) mass is 366 g/mol. The number of hydrogen-bond donors (Lipinski definition) is 2. The summed E-state index contributed by atoms with van der Waals surface area (Å²) in [6.07, 6.45) is 0. The fraction of sp³-hybridized carbons (Fsp3) is 0.167. The molecule has 0 aliphatic carbocycles. The number of benzene rings is 3. The van der Waals surface area contributed by atoms with Gasteiger partial charge in [0.15, 0.2) is 0 Å². The molecule has 5 rings (SSSR count). The van der Waals surface area contributed by atoms with Crippen LogP contribution in [0.15, 0.2) is 60.7 Å². The molecule has 0 unspecified atom stereocenters. The third kappa shape index (κ3) is 2.87. The van der Waals surface area contributed by atoms with Crippen LogP contribution in [-0.4, -0.2) is 19.9 Å². The van der Waals surface area contributed by atoms with E-state index >= 15 is 0 Å². The van der Waals surface area contributed by atoms with Gasteiger partial charge in [-0.2, -0.15) is 0 Å². The predicted molar refractivity (Wildman–Crippen MR) is 115 cm³/mol. The van der Waals surface area contributed by atoms with Gasteiger partial charge in [-0.05, 0) is 59.9 Å². The fourth-order valence-corrected chi connectivity index (χ4v) is 3.68. The lowest BCUT2D eigenvalue weighted by atomic mass is 10.0. The van der Waals surface area contributed by atoms with E-state index in [0.717, 1.165) is 50.4 Å². The molecule has 0 spiro atoms. The highest BCUT2D eigenvalue weighted by Crippen LogP contribution is 2.28. The van der Waals surface area contributed by atoms with Crippen LogP contribution >= 0.6 is 0 Å². The number of rotatable bonds is 3. The number of hydrogen-bond acceptors (Lipinski definition) is 2. The Morgan fingerprint density at radius 3 is 2.11 bits per heavy atom. The molecule has 3 aromatic carbocycles. The molecule has 2 heterocycles. The van der Waals surface area contributed by atoms with Crippen molar-refractivity contribution >= 4 is 22.1 Å². The van der Waals surface area contributed by atoms with Gasteiger partial charge in [0.1, 0.15) is 11.6 Å². The second kappa shape index (κ2) is 6.34. The van der Waals surface area contributed by atoms with Crippen LogP contribution < -0.4 is 0 Å². The quantitative estimate of drug-likeness (QED) is 0.399. The number of imidazole rings is 2. The molecule has 4 nitrogen and oxygen atoms in total. The zero-order chi connectivity index (χ0) is 19.3. The summed E-state index contributed by atoms with van der Waals surface area (Å²) < 4.78 is 0. The van der Waals surface area contributed by atoms with E-state index in [9.17, 15) is 0 Å². The summed E-state index contributed by atoms with van der Waals surface area (Å²) in [5, 5.41) is 0. The fourth-order valence-electron chi connectivity index (χ4n) is 3.68. The SMILES string of the molecule is Cc1nc2cc(-c3ccc4[nH]c(-c5cccc(C(C)C)c5)nc4c3)ccc2[nH]1. The van der Waals surface area contributed by atoms with Gasteiger partial charge in [0.2, 0.25) is 0 Å². The van der Waals surface area contributed by atoms with E-state index < -0.39 is 0 Å². The second-order valence-electron chi connectivity index (χ2n) is 7.65. The van der Waals surface area contributed by atoms with Gasteiger partial charge in [0, 0.05) is 5.56 Å². The minimum Gasteiger partial charge on any atom is -0.342 e. The largest absolute Gasteiger partial charge is 0.342 e. The number of fused-ring (bicyclic) bond motifs is 2. The molecule has 28 heavy (non-hydrogen) atoms. The Bertz CT molecular complexity index is 1310. The van der Waals surface area contributed by atoms with Crippen LogP contribution in [0, 0.1) is 6.92 Å². The smallest absolute Gasteiger partial charge is 0.138 e. The van der Waals surface area contributed by atoms with Gasteiger partial charge < -0.3 is 9.97 Å². The molecule has 138 valence electrons. The minimum atomic E-state index is 0.497. The van der Waals surface area contributed by atoms with E-state index in [4.69, 9.17) is 4.98 Å². The summed E-state index contributed by atoms with van der Waals surface area (Å²) in [4.78, 5) is 16.1. The van der Waals surface area contributed by atoms with Crippen molar-refractivity contribution in [3.63, 3.8) is 0 Å². The zero-order valence-electron chi connectivity index (χ0n) is 16.2. The Labute approximate surface area is 163 Å². The van der Waals surface area contributed by atoms with Crippen molar-refractivity contribution in [1.82, 2.24) is 19.9 Å². The first-order valence-electron chi connectivity index (χ1n) is 9.64. The highest BCUT2D eigenvalue weighted by atomic mass is 14.9. The molecule has 0 aliphatic heterocycles. The van der Waals surface area contributed by atoms with Gasteiger partial charge in [-0.25, -0.2) is 9.97 Å². The average molecular weight is 366 g/mol. The lowest BCUT2D eigenvalue weighted by Crippen LogP contribution is -1.88. The molecule has 2 N–H and O–H groups in total. The van der Waals surface area contributed by atoms with E-state index in [1.807, 2.05) is 6.92 Å². The van der Waals surface area contributed by atoms with Gasteiger partial charge >= 0.3 is 0 Å². The summed E-state index contributed by atoms with van der Waals surface area (Å²) in [6.45, 7) is 6.40. The normalized spacial score (nSPS) is 11.7. The number of aromatic nitrogens is 4. The number of aromatic amines is 2. The van der Waals surface area contributed by atoms with Crippen molar-refractivity contribution in [3.05, 3.63) is 72.1 Å². The summed E-state index contributed by atoms with van der Waals surface area (Å²) in [6, 6.07) is 21.3. The van der Waals surface area contributed by atoms with Crippen molar-refractivity contribution in [2.75, 3.05) is 0 Å². The highest BCUT2D eigenvalue weighted by molar-refractivity contribution is 5.87. The molecule has 2 aromatic heterocycles. The molecule has 0 atom stereocenters. The molecule has 0 fully saturated rings. The number of aryl methyl sites for hydroxylation is 1. The topological polar surface area (TPSA) is 57.4 Å². The van der Waals surface area contributed by atoms with Crippen LogP contribution in [0.5, 0.6) is 0 Å². The van der Waals surface area contributed by atoms with Gasteiger partial charge in [-0.15, -0.1) is 0 Å². The van der Waals surface area contributed by atoms with Crippen LogP contribution in [0.1, 0.15) is 31.2 Å². The molecule has 0 amide bonds. The molecule has 5 aromatic rings. The van der Waals surface area contributed by atoms with E-state index in [1.54, 1.807) is 0 Å². The molecule has 0 aliphatic rings. The Balaban J connectivity index is 1.57. The molecular weight excluding hydrogens is 344 g/mol. The predicted octanol–water partition coefficient (Wildman–Crippen LogP) is 6.21. The average Bonchev–Trinajstić information content (AvgIpc) is 3.29. The van der Waals surface area contributed by atoms with Gasteiger partial charge in [0.25, 0.3) is 0 Å². The summed E-state index contributed by atoms with van der Waals surface area (Å²) in [5.41, 5.74) is 8.80. The van der Waals surface area contributed by atoms with E-state index in [0.29, 0.717) is 5.92 Å². The second-order valence-corrected chi connectivity index (χ2v) is 7.65. The number of nitrogens with one attached hydrogen (secondary N) is 2. The van der Waals surface area contributed by atoms with Crippen LogP contribution in [0.3, 0.4) is 0 Å². The summed E-state index contributed by atoms with van der Waals surface area (Å²) in [5.74, 6) is 2.34. The number of H-pyrrole nitrogens is 2. The van der Waals surface area contributed by atoms with Crippen molar-refractivity contribution < 1.29 is 0 Å². The van der Waals surface area contributed by atoms with E-state index in [2.05, 4.69) is 89.5 Å². The van der Waals surface area contributed by atoms with Crippen molar-refractivity contribution in [2.24, 2.45) is 0 Å². The highest BCUT2D eigenvalue weighted by Gasteiger charge is 2.09. The summed E-state index contributed by atoms with van der Waals surface area (Å²) in [7, 11) is 0. The molecule has 0 saturated carbocycles. The van der Waals surface area contributed by atoms with Gasteiger partial charge in [-0.3, -0.25) is 0 Å². The third-order valence-corrected chi connectivity index (χ3v) is 5.24. The molecular formula is C24H22N4. The van der Waals surface area contributed by atoms with Crippen LogP contribution in [0.25, 0.3) is 44.6 Å². The maximum Gasteiger partial charge on any atom is 0.138 e. The first-order valence-corrected chi connectivity index (χ1v) is 9.64. The third-order valence-electron chi connectivity index (χ3n) is 5.24. The molecule has 0 bridgehead atoms. The molecule has 4 heteroatoms. The molecule has 0 radical (unpaired) electrons. The Morgan fingerprint density at radius 2 is 1.39 bits per heavy atom. The van der Waals surface area contributed by atoms with E-state index in [1.165, 1.54) is 5.56 Å². The zero-order valence-corrected chi connectivity index (χ0v) is 16.2. The van der Waals surface area contributed by atoms with Crippen molar-refractivity contribution in [1.29, 1.82) is 0 Å². The van der Waals surface area contributed by atoms with Gasteiger partial charge in [0.05, 0.1) is 22.1 Å². The summed E-state index contributed by atoms with van der Waals surface area (Å²) >= 11 is 0. The maximum atomic E-state index is 4.86. The van der Waals surface area contributed by atoms with Crippen molar-refractivity contribution in [2.45, 2.75) is 26.7 Å². The first kappa shape index (κ1) is 16.8. The van der Waals surface area contributed by atoms with E-state index in [-0.39, 0.29) is 0 Å². The Hall–Kier alpha value is -3.40. The lowest BCUT2D eigenvalue weighted by molar-refractivity contribution is 0.867. The van der Waals surface area contributed by atoms with Crippen LogP contribution in [0.2, 0.25) is 0 Å². The minimum absolute atomic E-state index is 0.497. The maximum absolute atomic E-state index is 4.86. The van der Waals surface area contributed by atoms with Crippen LogP contribution in [0.4, 0.5) is 0 Å². The van der Waals surface area contributed by atoms with Gasteiger partial charge in [-0.1, -0.05) is 44.2 Å². The first-order chi connectivity index (χ1) is 13.6. The van der Waals surface area contributed by atoms with Crippen molar-refractivity contribution in [3.8, 4) is 22.5 Å². The number of nitrogens with zero attached hydrogens (tertiary/aromatic N) is 2. The lowest BCUT2D eigenvalue weighted by Gasteiger charge is -2.06. The Morgan fingerprint density at radius 1 is 0.714 bits per heavy atom. The van der Waals surface area contributed by atoms with Crippen LogP contribution in [-0.2, 0) is 0 Å².